The molecule has 0 atom stereocenters. The van der Waals surface area contributed by atoms with Gasteiger partial charge in [-0.05, 0) is 26.7 Å². The van der Waals surface area contributed by atoms with Crippen LogP contribution in [0.3, 0.4) is 0 Å². The largest absolute Gasteiger partial charge is 0.377 e. The zero-order valence-electron chi connectivity index (χ0n) is 13.2. The van der Waals surface area contributed by atoms with Gasteiger partial charge in [-0.2, -0.15) is 0 Å². The third-order valence-corrected chi connectivity index (χ3v) is 3.94. The highest BCUT2D eigenvalue weighted by molar-refractivity contribution is 5.77. The first-order valence-electron chi connectivity index (χ1n) is 7.54. The Morgan fingerprint density at radius 1 is 1.43 bits per heavy atom. The minimum atomic E-state index is 0.0924. The van der Waals surface area contributed by atoms with Gasteiger partial charge in [-0.3, -0.25) is 4.79 Å². The number of carbonyl (C=O) groups excluding carboxylic acids is 1. The van der Waals surface area contributed by atoms with Crippen LogP contribution in [0.25, 0.3) is 0 Å². The van der Waals surface area contributed by atoms with Crippen LogP contribution in [0, 0.1) is 6.92 Å². The fraction of sp³-hybridized carbons (Fsp3) is 0.733. The SMILES string of the molecule is CCOCC(=O)N1CCC(n2c(C)cnc2COC)CC1. The van der Waals surface area contributed by atoms with E-state index in [0.29, 0.717) is 19.3 Å². The number of carbonyl (C=O) groups is 1. The molecule has 1 aliphatic heterocycles. The summed E-state index contributed by atoms with van der Waals surface area (Å²) in [4.78, 5) is 18.3. The van der Waals surface area contributed by atoms with Crippen LogP contribution < -0.4 is 0 Å². The van der Waals surface area contributed by atoms with Crippen molar-refractivity contribution in [1.29, 1.82) is 0 Å². The zero-order chi connectivity index (χ0) is 15.2. The molecule has 0 bridgehead atoms. The van der Waals surface area contributed by atoms with Gasteiger partial charge < -0.3 is 18.9 Å². The number of amides is 1. The summed E-state index contributed by atoms with van der Waals surface area (Å²) >= 11 is 0. The number of imidazole rings is 1. The molecule has 1 aliphatic rings. The van der Waals surface area contributed by atoms with Crippen molar-refractivity contribution in [2.75, 3.05) is 33.4 Å². The van der Waals surface area contributed by atoms with E-state index < -0.39 is 0 Å². The van der Waals surface area contributed by atoms with Crippen LogP contribution in [0.1, 0.15) is 37.3 Å². The van der Waals surface area contributed by atoms with Crippen molar-refractivity contribution in [3.8, 4) is 0 Å². The average molecular weight is 295 g/mol. The van der Waals surface area contributed by atoms with Gasteiger partial charge in [0, 0.05) is 44.7 Å². The molecule has 1 amide bonds. The number of hydrogen-bond acceptors (Lipinski definition) is 4. The number of ether oxygens (including phenoxy) is 2. The molecule has 1 fully saturated rings. The van der Waals surface area contributed by atoms with E-state index in [4.69, 9.17) is 9.47 Å². The molecule has 1 aromatic rings. The van der Waals surface area contributed by atoms with Crippen molar-refractivity contribution >= 4 is 5.91 Å². The predicted octanol–water partition coefficient (Wildman–Crippen LogP) is 1.54. The number of hydrogen-bond donors (Lipinski definition) is 0. The van der Waals surface area contributed by atoms with E-state index in [1.807, 2.05) is 18.0 Å². The van der Waals surface area contributed by atoms with Crippen LogP contribution in [0.15, 0.2) is 6.20 Å². The molecular formula is C15H25N3O3. The maximum Gasteiger partial charge on any atom is 0.248 e. The van der Waals surface area contributed by atoms with Gasteiger partial charge in [0.2, 0.25) is 5.91 Å². The van der Waals surface area contributed by atoms with E-state index in [2.05, 4.69) is 16.5 Å². The quantitative estimate of drug-likeness (QED) is 0.799. The minimum Gasteiger partial charge on any atom is -0.377 e. The molecule has 2 rings (SSSR count). The Morgan fingerprint density at radius 2 is 2.14 bits per heavy atom. The number of likely N-dealkylation sites (tertiary alicyclic amines) is 1. The summed E-state index contributed by atoms with van der Waals surface area (Å²) in [6, 6.07) is 0.397. The van der Waals surface area contributed by atoms with E-state index in [9.17, 15) is 4.79 Å². The fourth-order valence-corrected chi connectivity index (χ4v) is 2.88. The molecule has 0 spiro atoms. The van der Waals surface area contributed by atoms with Crippen molar-refractivity contribution in [1.82, 2.24) is 14.5 Å². The monoisotopic (exact) mass is 295 g/mol. The molecule has 0 N–H and O–H groups in total. The first-order valence-corrected chi connectivity index (χ1v) is 7.54. The third kappa shape index (κ3) is 3.83. The van der Waals surface area contributed by atoms with Gasteiger partial charge >= 0.3 is 0 Å². The summed E-state index contributed by atoms with van der Waals surface area (Å²) < 4.78 is 12.7. The normalized spacial score (nSPS) is 16.4. The van der Waals surface area contributed by atoms with E-state index in [1.165, 1.54) is 0 Å². The summed E-state index contributed by atoms with van der Waals surface area (Å²) in [7, 11) is 1.68. The lowest BCUT2D eigenvalue weighted by Crippen LogP contribution is -2.41. The van der Waals surface area contributed by atoms with Crippen LogP contribution >= 0.6 is 0 Å². The molecule has 0 aliphatic carbocycles. The Bertz CT molecular complexity index is 465. The highest BCUT2D eigenvalue weighted by Crippen LogP contribution is 2.26. The number of piperidine rings is 1. The first-order chi connectivity index (χ1) is 10.2. The number of nitrogens with zero attached hydrogens (tertiary/aromatic N) is 3. The topological polar surface area (TPSA) is 56.6 Å². The molecular weight excluding hydrogens is 270 g/mol. The first kappa shape index (κ1) is 16.0. The molecule has 0 radical (unpaired) electrons. The summed E-state index contributed by atoms with van der Waals surface area (Å²) in [6.07, 6.45) is 3.79. The fourth-order valence-electron chi connectivity index (χ4n) is 2.88. The maximum absolute atomic E-state index is 11.9. The van der Waals surface area contributed by atoms with Crippen LogP contribution in [0.2, 0.25) is 0 Å². The van der Waals surface area contributed by atoms with Gasteiger partial charge in [0.1, 0.15) is 19.0 Å². The average Bonchev–Trinajstić information content (AvgIpc) is 2.86. The van der Waals surface area contributed by atoms with E-state index in [-0.39, 0.29) is 12.5 Å². The Hall–Kier alpha value is -1.40. The molecule has 118 valence electrons. The Labute approximate surface area is 126 Å². The Kier molecular flexibility index (Phi) is 5.76. The van der Waals surface area contributed by atoms with Crippen molar-refractivity contribution in [3.05, 3.63) is 17.7 Å². The Morgan fingerprint density at radius 3 is 2.76 bits per heavy atom. The van der Waals surface area contributed by atoms with E-state index in [1.54, 1.807) is 7.11 Å². The predicted molar refractivity (Wildman–Crippen MR) is 79.0 cm³/mol. The molecule has 1 aromatic heterocycles. The van der Waals surface area contributed by atoms with Gasteiger partial charge in [-0.1, -0.05) is 0 Å². The van der Waals surface area contributed by atoms with Crippen molar-refractivity contribution in [3.63, 3.8) is 0 Å². The second-order valence-corrected chi connectivity index (χ2v) is 5.37. The Balaban J connectivity index is 1.95. The maximum atomic E-state index is 11.9. The molecule has 2 heterocycles. The lowest BCUT2D eigenvalue weighted by molar-refractivity contribution is -0.137. The van der Waals surface area contributed by atoms with Crippen LogP contribution in [-0.4, -0.2) is 53.8 Å². The highest BCUT2D eigenvalue weighted by atomic mass is 16.5. The number of aromatic nitrogens is 2. The molecule has 0 saturated carbocycles. The summed E-state index contributed by atoms with van der Waals surface area (Å²) in [5.41, 5.74) is 1.15. The van der Waals surface area contributed by atoms with E-state index in [0.717, 1.165) is 37.4 Å². The van der Waals surface area contributed by atoms with Crippen LogP contribution in [0.5, 0.6) is 0 Å². The molecule has 1 saturated heterocycles. The number of rotatable bonds is 6. The lowest BCUT2D eigenvalue weighted by atomic mass is 10.0. The van der Waals surface area contributed by atoms with Crippen molar-refractivity contribution in [2.24, 2.45) is 0 Å². The van der Waals surface area contributed by atoms with Crippen LogP contribution in [0.4, 0.5) is 0 Å². The standard InChI is InChI=1S/C15H25N3O3/c1-4-21-11-15(19)17-7-5-13(6-8-17)18-12(2)9-16-14(18)10-20-3/h9,13H,4-8,10-11H2,1-3H3. The van der Waals surface area contributed by atoms with Gasteiger partial charge in [-0.15, -0.1) is 0 Å². The minimum absolute atomic E-state index is 0.0924. The smallest absolute Gasteiger partial charge is 0.248 e. The van der Waals surface area contributed by atoms with Gasteiger partial charge in [-0.25, -0.2) is 4.98 Å². The van der Waals surface area contributed by atoms with Gasteiger partial charge in [0.05, 0.1) is 0 Å². The van der Waals surface area contributed by atoms with Gasteiger partial charge in [0.25, 0.3) is 0 Å². The van der Waals surface area contributed by atoms with Crippen molar-refractivity contribution < 1.29 is 14.3 Å². The van der Waals surface area contributed by atoms with Crippen molar-refractivity contribution in [2.45, 2.75) is 39.3 Å². The summed E-state index contributed by atoms with van der Waals surface area (Å²) in [5.74, 6) is 1.06. The zero-order valence-corrected chi connectivity index (χ0v) is 13.2. The molecule has 6 nitrogen and oxygen atoms in total. The third-order valence-electron chi connectivity index (χ3n) is 3.94. The lowest BCUT2D eigenvalue weighted by Gasteiger charge is -2.33. The second kappa shape index (κ2) is 7.56. The summed E-state index contributed by atoms with van der Waals surface area (Å²) in [5, 5.41) is 0. The molecule has 6 heteroatoms. The highest BCUT2D eigenvalue weighted by Gasteiger charge is 2.25. The van der Waals surface area contributed by atoms with Crippen LogP contribution in [-0.2, 0) is 20.9 Å². The van der Waals surface area contributed by atoms with E-state index >= 15 is 0 Å². The van der Waals surface area contributed by atoms with Gasteiger partial charge in [0.15, 0.2) is 0 Å². The molecule has 21 heavy (non-hydrogen) atoms. The number of methoxy groups -OCH3 is 1. The second-order valence-electron chi connectivity index (χ2n) is 5.37. The molecule has 0 aromatic carbocycles. The summed E-state index contributed by atoms with van der Waals surface area (Å²) in [6.45, 7) is 6.83. The molecule has 0 unspecified atom stereocenters. The number of aryl methyl sites for hydroxylation is 1.